The average molecular weight is 383 g/mol. The van der Waals surface area contributed by atoms with E-state index in [2.05, 4.69) is 15.6 Å². The van der Waals surface area contributed by atoms with E-state index in [0.717, 1.165) is 11.3 Å². The fourth-order valence-electron chi connectivity index (χ4n) is 3.05. The molecular weight excluding hydrogens is 358 g/mol. The number of methoxy groups -OCH3 is 2. The van der Waals surface area contributed by atoms with Crippen molar-refractivity contribution in [1.29, 1.82) is 0 Å². The van der Waals surface area contributed by atoms with Crippen molar-refractivity contribution in [2.45, 2.75) is 25.8 Å². The number of carbonyl (C=O) groups is 2. The number of amides is 2. The van der Waals surface area contributed by atoms with E-state index in [1.165, 1.54) is 0 Å². The highest BCUT2D eigenvalue weighted by Gasteiger charge is 2.56. The van der Waals surface area contributed by atoms with Gasteiger partial charge in [0.1, 0.15) is 5.41 Å². The SMILES string of the molecule is COc1ccc(CCNC(=O)C2(C(=O)NCc3ccccn3)CC2)cc1OC. The topological polar surface area (TPSA) is 89.5 Å². The summed E-state index contributed by atoms with van der Waals surface area (Å²) in [5, 5.41) is 5.72. The summed E-state index contributed by atoms with van der Waals surface area (Å²) >= 11 is 0. The molecule has 0 unspecified atom stereocenters. The van der Waals surface area contributed by atoms with Gasteiger partial charge in [-0.25, -0.2) is 0 Å². The summed E-state index contributed by atoms with van der Waals surface area (Å²) in [5.74, 6) is 0.865. The fraction of sp³-hybridized carbons (Fsp3) is 0.381. The zero-order valence-corrected chi connectivity index (χ0v) is 16.2. The number of pyridine rings is 1. The Balaban J connectivity index is 1.49. The molecule has 1 heterocycles. The summed E-state index contributed by atoms with van der Waals surface area (Å²) in [6.07, 6.45) is 3.46. The monoisotopic (exact) mass is 383 g/mol. The van der Waals surface area contributed by atoms with E-state index < -0.39 is 5.41 Å². The first-order valence-corrected chi connectivity index (χ1v) is 9.26. The Labute approximate surface area is 164 Å². The van der Waals surface area contributed by atoms with Gasteiger partial charge in [0.25, 0.3) is 0 Å². The van der Waals surface area contributed by atoms with Crippen molar-refractivity contribution in [3.63, 3.8) is 0 Å². The molecule has 1 aliphatic rings. The highest BCUT2D eigenvalue weighted by molar-refractivity contribution is 6.07. The second-order valence-corrected chi connectivity index (χ2v) is 6.78. The lowest BCUT2D eigenvalue weighted by atomic mass is 10.0. The van der Waals surface area contributed by atoms with Crippen molar-refractivity contribution in [2.24, 2.45) is 5.41 Å². The summed E-state index contributed by atoms with van der Waals surface area (Å²) in [7, 11) is 3.18. The molecule has 3 rings (SSSR count). The number of nitrogens with zero attached hydrogens (tertiary/aromatic N) is 1. The Hall–Kier alpha value is -3.09. The van der Waals surface area contributed by atoms with Crippen LogP contribution in [0, 0.1) is 5.41 Å². The summed E-state index contributed by atoms with van der Waals surface area (Å²) in [6.45, 7) is 0.768. The van der Waals surface area contributed by atoms with Gasteiger partial charge in [0.05, 0.1) is 26.5 Å². The molecular formula is C21H25N3O4. The van der Waals surface area contributed by atoms with Crippen LogP contribution in [0.4, 0.5) is 0 Å². The highest BCUT2D eigenvalue weighted by Crippen LogP contribution is 2.46. The van der Waals surface area contributed by atoms with Crippen LogP contribution in [-0.2, 0) is 22.6 Å². The maximum Gasteiger partial charge on any atom is 0.236 e. The minimum absolute atomic E-state index is 0.216. The van der Waals surface area contributed by atoms with Gasteiger partial charge in [0.15, 0.2) is 11.5 Å². The number of aromatic nitrogens is 1. The van der Waals surface area contributed by atoms with Crippen LogP contribution in [0.3, 0.4) is 0 Å². The molecule has 1 aromatic heterocycles. The molecule has 1 aliphatic carbocycles. The number of benzene rings is 1. The summed E-state index contributed by atoms with van der Waals surface area (Å²) in [5.41, 5.74) is 0.842. The molecule has 0 aliphatic heterocycles. The van der Waals surface area contributed by atoms with Crippen molar-refractivity contribution in [1.82, 2.24) is 15.6 Å². The van der Waals surface area contributed by atoms with E-state index in [4.69, 9.17) is 9.47 Å². The van der Waals surface area contributed by atoms with Crippen molar-refractivity contribution in [3.05, 3.63) is 53.9 Å². The van der Waals surface area contributed by atoms with E-state index in [0.29, 0.717) is 43.9 Å². The lowest BCUT2D eigenvalue weighted by molar-refractivity contribution is -0.137. The van der Waals surface area contributed by atoms with Gasteiger partial charge in [-0.3, -0.25) is 14.6 Å². The van der Waals surface area contributed by atoms with Crippen LogP contribution in [0.5, 0.6) is 11.5 Å². The summed E-state index contributed by atoms with van der Waals surface area (Å²) in [6, 6.07) is 11.2. The van der Waals surface area contributed by atoms with Crippen LogP contribution in [0.15, 0.2) is 42.6 Å². The molecule has 28 heavy (non-hydrogen) atoms. The van der Waals surface area contributed by atoms with E-state index in [1.54, 1.807) is 20.4 Å². The van der Waals surface area contributed by atoms with Crippen LogP contribution in [-0.4, -0.2) is 37.6 Å². The van der Waals surface area contributed by atoms with E-state index >= 15 is 0 Å². The summed E-state index contributed by atoms with van der Waals surface area (Å²) in [4.78, 5) is 29.2. The average Bonchev–Trinajstić information content (AvgIpc) is 3.54. The van der Waals surface area contributed by atoms with Crippen molar-refractivity contribution in [2.75, 3.05) is 20.8 Å². The second kappa shape index (κ2) is 8.73. The molecule has 0 spiro atoms. The molecule has 1 saturated carbocycles. The third kappa shape index (κ3) is 4.42. The fourth-order valence-corrected chi connectivity index (χ4v) is 3.05. The van der Waals surface area contributed by atoms with Gasteiger partial charge in [0, 0.05) is 12.7 Å². The maximum absolute atomic E-state index is 12.6. The third-order valence-corrected chi connectivity index (χ3v) is 4.92. The second-order valence-electron chi connectivity index (χ2n) is 6.78. The number of hydrogen-bond donors (Lipinski definition) is 2. The van der Waals surface area contributed by atoms with Crippen LogP contribution in [0.25, 0.3) is 0 Å². The van der Waals surface area contributed by atoms with Crippen molar-refractivity contribution >= 4 is 11.8 Å². The third-order valence-electron chi connectivity index (χ3n) is 4.92. The molecule has 2 amide bonds. The van der Waals surface area contributed by atoms with Gasteiger partial charge in [-0.2, -0.15) is 0 Å². The molecule has 148 valence electrons. The number of rotatable bonds is 9. The van der Waals surface area contributed by atoms with Gasteiger partial charge >= 0.3 is 0 Å². The Morgan fingerprint density at radius 3 is 2.43 bits per heavy atom. The quantitative estimate of drug-likeness (QED) is 0.645. The lowest BCUT2D eigenvalue weighted by Crippen LogP contribution is -2.43. The number of nitrogens with one attached hydrogen (secondary N) is 2. The van der Waals surface area contributed by atoms with Gasteiger partial charge in [0.2, 0.25) is 11.8 Å². The predicted octanol–water partition coefficient (Wildman–Crippen LogP) is 1.85. The Morgan fingerprint density at radius 2 is 1.79 bits per heavy atom. The molecule has 2 N–H and O–H groups in total. The molecule has 7 nitrogen and oxygen atoms in total. The zero-order chi connectivity index (χ0) is 20.0. The highest BCUT2D eigenvalue weighted by atomic mass is 16.5. The normalized spacial score (nSPS) is 14.1. The zero-order valence-electron chi connectivity index (χ0n) is 16.2. The largest absolute Gasteiger partial charge is 0.493 e. The lowest BCUT2D eigenvalue weighted by Gasteiger charge is -2.15. The first kappa shape index (κ1) is 19.7. The molecule has 0 saturated heterocycles. The van der Waals surface area contributed by atoms with Gasteiger partial charge in [-0.05, 0) is 49.1 Å². The van der Waals surface area contributed by atoms with Crippen LogP contribution in [0.1, 0.15) is 24.1 Å². The van der Waals surface area contributed by atoms with E-state index in [9.17, 15) is 9.59 Å². The Morgan fingerprint density at radius 1 is 1.04 bits per heavy atom. The minimum Gasteiger partial charge on any atom is -0.493 e. The Kier molecular flexibility index (Phi) is 6.13. The van der Waals surface area contributed by atoms with Crippen LogP contribution < -0.4 is 20.1 Å². The molecule has 0 bridgehead atoms. The van der Waals surface area contributed by atoms with E-state index in [1.807, 2.05) is 36.4 Å². The van der Waals surface area contributed by atoms with Crippen LogP contribution in [0.2, 0.25) is 0 Å². The van der Waals surface area contributed by atoms with Gasteiger partial charge < -0.3 is 20.1 Å². The first-order chi connectivity index (χ1) is 13.6. The smallest absolute Gasteiger partial charge is 0.236 e. The Bertz CT molecular complexity index is 835. The van der Waals surface area contributed by atoms with Crippen LogP contribution >= 0.6 is 0 Å². The standard InChI is InChI=1S/C21H25N3O4/c1-27-17-7-6-15(13-18(17)28-2)8-12-23-19(25)21(9-10-21)20(26)24-14-16-5-3-4-11-22-16/h3-7,11,13H,8-10,12,14H2,1-2H3,(H,23,25)(H,24,26). The molecule has 7 heteroatoms. The number of hydrogen-bond acceptors (Lipinski definition) is 5. The first-order valence-electron chi connectivity index (χ1n) is 9.26. The number of carbonyl (C=O) groups excluding carboxylic acids is 2. The molecule has 1 aromatic carbocycles. The molecule has 0 atom stereocenters. The number of ether oxygens (including phenoxy) is 2. The molecule has 2 aromatic rings. The van der Waals surface area contributed by atoms with Crippen molar-refractivity contribution < 1.29 is 19.1 Å². The van der Waals surface area contributed by atoms with Gasteiger partial charge in [-0.1, -0.05) is 12.1 Å². The van der Waals surface area contributed by atoms with E-state index in [-0.39, 0.29) is 11.8 Å². The predicted molar refractivity (Wildman–Crippen MR) is 104 cm³/mol. The van der Waals surface area contributed by atoms with Gasteiger partial charge in [-0.15, -0.1) is 0 Å². The maximum atomic E-state index is 12.6. The molecule has 1 fully saturated rings. The minimum atomic E-state index is -0.938. The summed E-state index contributed by atoms with van der Waals surface area (Å²) < 4.78 is 10.5. The van der Waals surface area contributed by atoms with Crippen molar-refractivity contribution in [3.8, 4) is 11.5 Å². The molecule has 0 radical (unpaired) electrons.